The average molecular weight is 484 g/mol. The number of hydrogen-bond acceptors (Lipinski definition) is 7. The molecule has 0 bridgehead atoms. The molecule has 2 aromatic carbocycles. The molecule has 1 amide bonds. The molecule has 35 heavy (non-hydrogen) atoms. The van der Waals surface area contributed by atoms with Crippen LogP contribution in [0.1, 0.15) is 27.1 Å². The molecule has 1 atom stereocenters. The fraction of sp³-hybridized carbons (Fsp3) is 0.111. The summed E-state index contributed by atoms with van der Waals surface area (Å²) in [4.78, 5) is 37.9. The van der Waals surface area contributed by atoms with Gasteiger partial charge in [-0.15, -0.1) is 11.3 Å². The molecule has 3 heterocycles. The number of pyridine rings is 1. The molecule has 0 aliphatic carbocycles. The zero-order valence-electron chi connectivity index (χ0n) is 19.0. The van der Waals surface area contributed by atoms with Crippen molar-refractivity contribution in [1.29, 1.82) is 0 Å². The molecule has 7 nitrogen and oxygen atoms in total. The molecule has 5 rings (SSSR count). The van der Waals surface area contributed by atoms with Crippen LogP contribution in [0.15, 0.2) is 90.3 Å². The number of anilines is 1. The SMILES string of the molecule is COc1cccc(N2C(=O)C(O)=C(C(=O)c3sc(-c4ccccc4)nc3C)C2c2ccccn2)c1. The van der Waals surface area contributed by atoms with Crippen LogP contribution in [0.2, 0.25) is 0 Å². The molecular formula is C27H21N3O4S. The first-order chi connectivity index (χ1) is 17.0. The second-order valence-electron chi connectivity index (χ2n) is 7.92. The number of ether oxygens (including phenoxy) is 1. The highest BCUT2D eigenvalue weighted by Gasteiger charge is 2.46. The van der Waals surface area contributed by atoms with Gasteiger partial charge in [0.1, 0.15) is 16.8 Å². The van der Waals surface area contributed by atoms with Gasteiger partial charge in [0.25, 0.3) is 5.91 Å². The van der Waals surface area contributed by atoms with E-state index in [-0.39, 0.29) is 5.57 Å². The van der Waals surface area contributed by atoms with Crippen LogP contribution in [0.4, 0.5) is 5.69 Å². The number of amides is 1. The van der Waals surface area contributed by atoms with Crippen LogP contribution in [0.5, 0.6) is 5.75 Å². The van der Waals surface area contributed by atoms with Gasteiger partial charge >= 0.3 is 0 Å². The molecule has 174 valence electrons. The summed E-state index contributed by atoms with van der Waals surface area (Å²) in [6, 6.07) is 20.8. The first-order valence-corrected chi connectivity index (χ1v) is 11.7. The van der Waals surface area contributed by atoms with Gasteiger partial charge in [0.15, 0.2) is 5.76 Å². The molecule has 0 fully saturated rings. The molecule has 0 spiro atoms. The van der Waals surface area contributed by atoms with Gasteiger partial charge in [0, 0.05) is 23.5 Å². The second-order valence-corrected chi connectivity index (χ2v) is 8.92. The van der Waals surface area contributed by atoms with Crippen LogP contribution in [0, 0.1) is 6.92 Å². The zero-order chi connectivity index (χ0) is 24.5. The van der Waals surface area contributed by atoms with E-state index in [0.29, 0.717) is 32.7 Å². The Bertz CT molecular complexity index is 1450. The molecule has 0 saturated heterocycles. The Morgan fingerprint density at radius 2 is 1.83 bits per heavy atom. The van der Waals surface area contributed by atoms with E-state index in [1.54, 1.807) is 55.6 Å². The van der Waals surface area contributed by atoms with Gasteiger partial charge in [-0.3, -0.25) is 19.5 Å². The Balaban J connectivity index is 1.62. The van der Waals surface area contributed by atoms with E-state index in [1.807, 2.05) is 30.3 Å². The summed E-state index contributed by atoms with van der Waals surface area (Å²) < 4.78 is 5.32. The van der Waals surface area contributed by atoms with Crippen LogP contribution in [-0.2, 0) is 4.79 Å². The number of ketones is 1. The van der Waals surface area contributed by atoms with Crippen LogP contribution in [0.3, 0.4) is 0 Å². The van der Waals surface area contributed by atoms with E-state index in [1.165, 1.54) is 23.3 Å². The number of nitrogens with zero attached hydrogens (tertiary/aromatic N) is 3. The number of thiazole rings is 1. The van der Waals surface area contributed by atoms with Gasteiger partial charge in [-0.25, -0.2) is 4.98 Å². The van der Waals surface area contributed by atoms with Crippen molar-refractivity contribution in [3.8, 4) is 16.3 Å². The quantitative estimate of drug-likeness (QED) is 0.374. The Morgan fingerprint density at radius 3 is 2.54 bits per heavy atom. The van der Waals surface area contributed by atoms with Crippen molar-refractivity contribution >= 4 is 28.7 Å². The van der Waals surface area contributed by atoms with E-state index in [0.717, 1.165) is 5.56 Å². The number of aliphatic hydroxyl groups excluding tert-OH is 1. The van der Waals surface area contributed by atoms with Crippen LogP contribution in [-0.4, -0.2) is 33.9 Å². The van der Waals surface area contributed by atoms with Crippen LogP contribution in [0.25, 0.3) is 10.6 Å². The fourth-order valence-corrected chi connectivity index (χ4v) is 5.14. The van der Waals surface area contributed by atoms with E-state index in [9.17, 15) is 14.7 Å². The normalized spacial score (nSPS) is 15.5. The third kappa shape index (κ3) is 3.98. The first-order valence-electron chi connectivity index (χ1n) is 10.9. The molecular weight excluding hydrogens is 462 g/mol. The highest BCUT2D eigenvalue weighted by molar-refractivity contribution is 7.17. The van der Waals surface area contributed by atoms with E-state index in [2.05, 4.69) is 9.97 Å². The number of methoxy groups -OCH3 is 1. The lowest BCUT2D eigenvalue weighted by Crippen LogP contribution is -2.31. The number of aliphatic hydroxyl groups is 1. The van der Waals surface area contributed by atoms with Crippen molar-refractivity contribution < 1.29 is 19.4 Å². The highest BCUT2D eigenvalue weighted by Crippen LogP contribution is 2.43. The molecule has 1 aliphatic heterocycles. The monoisotopic (exact) mass is 483 g/mol. The number of hydrogen-bond donors (Lipinski definition) is 1. The molecule has 4 aromatic rings. The lowest BCUT2D eigenvalue weighted by molar-refractivity contribution is -0.117. The molecule has 0 saturated carbocycles. The predicted molar refractivity (Wildman–Crippen MR) is 134 cm³/mol. The van der Waals surface area contributed by atoms with Gasteiger partial charge in [0.2, 0.25) is 5.78 Å². The summed E-state index contributed by atoms with van der Waals surface area (Å²) in [5.41, 5.74) is 2.33. The molecule has 2 aromatic heterocycles. The summed E-state index contributed by atoms with van der Waals surface area (Å²) in [6.45, 7) is 1.75. The van der Waals surface area contributed by atoms with Crippen LogP contribution < -0.4 is 9.64 Å². The number of rotatable bonds is 6. The van der Waals surface area contributed by atoms with Crippen molar-refractivity contribution in [2.24, 2.45) is 0 Å². The van der Waals surface area contributed by atoms with E-state index < -0.39 is 23.5 Å². The van der Waals surface area contributed by atoms with Crippen molar-refractivity contribution in [3.05, 3.63) is 107 Å². The van der Waals surface area contributed by atoms with Crippen molar-refractivity contribution in [3.63, 3.8) is 0 Å². The maximum atomic E-state index is 13.9. The minimum Gasteiger partial charge on any atom is -0.503 e. The summed E-state index contributed by atoms with van der Waals surface area (Å²) >= 11 is 1.23. The Morgan fingerprint density at radius 1 is 1.06 bits per heavy atom. The maximum absolute atomic E-state index is 13.9. The number of aromatic nitrogens is 2. The van der Waals surface area contributed by atoms with Crippen molar-refractivity contribution in [2.75, 3.05) is 12.0 Å². The molecule has 0 radical (unpaired) electrons. The summed E-state index contributed by atoms with van der Waals surface area (Å²) in [6.07, 6.45) is 1.59. The van der Waals surface area contributed by atoms with Crippen molar-refractivity contribution in [1.82, 2.24) is 9.97 Å². The minimum atomic E-state index is -0.912. The maximum Gasteiger partial charge on any atom is 0.294 e. The Kier molecular flexibility index (Phi) is 5.88. The van der Waals surface area contributed by atoms with Gasteiger partial charge in [0.05, 0.1) is 28.9 Å². The van der Waals surface area contributed by atoms with Crippen molar-refractivity contribution in [2.45, 2.75) is 13.0 Å². The lowest BCUT2D eigenvalue weighted by Gasteiger charge is -2.26. The molecule has 1 unspecified atom stereocenters. The Labute approximate surface area is 206 Å². The van der Waals surface area contributed by atoms with E-state index in [4.69, 9.17) is 4.74 Å². The topological polar surface area (TPSA) is 92.6 Å². The first kappa shape index (κ1) is 22.5. The number of Topliss-reactive ketones (excluding diaryl/α,β-unsaturated/α-hetero) is 1. The molecule has 1 aliphatic rings. The summed E-state index contributed by atoms with van der Waals surface area (Å²) in [7, 11) is 1.53. The lowest BCUT2D eigenvalue weighted by atomic mass is 9.98. The standard InChI is InChI=1S/C27H21N3O4S/c1-16-25(35-26(29-16)17-9-4-3-5-10-17)23(31)21-22(20-13-6-7-14-28-20)30(27(33)24(21)32)18-11-8-12-19(15-18)34-2/h3-15,22,32H,1-2H3. The van der Waals surface area contributed by atoms with Crippen LogP contribution >= 0.6 is 11.3 Å². The molecule has 1 N–H and O–H groups in total. The van der Waals surface area contributed by atoms with Gasteiger partial charge in [-0.1, -0.05) is 42.5 Å². The van der Waals surface area contributed by atoms with Gasteiger partial charge in [-0.05, 0) is 31.2 Å². The number of benzene rings is 2. The number of aryl methyl sites for hydroxylation is 1. The van der Waals surface area contributed by atoms with Gasteiger partial charge in [-0.2, -0.15) is 0 Å². The minimum absolute atomic E-state index is 0.0251. The number of carbonyl (C=O) groups excluding carboxylic acids is 2. The largest absolute Gasteiger partial charge is 0.503 e. The predicted octanol–water partition coefficient (Wildman–Crippen LogP) is 5.31. The summed E-state index contributed by atoms with van der Waals surface area (Å²) in [5.74, 6) is -1.18. The third-order valence-electron chi connectivity index (χ3n) is 5.78. The van der Waals surface area contributed by atoms with E-state index >= 15 is 0 Å². The average Bonchev–Trinajstić information content (AvgIpc) is 3.42. The smallest absolute Gasteiger partial charge is 0.294 e. The Hall–Kier alpha value is -4.30. The third-order valence-corrected chi connectivity index (χ3v) is 6.98. The molecule has 8 heteroatoms. The summed E-state index contributed by atoms with van der Waals surface area (Å²) in [5, 5.41) is 11.7. The zero-order valence-corrected chi connectivity index (χ0v) is 19.8. The fourth-order valence-electron chi connectivity index (χ4n) is 4.11. The second kappa shape index (κ2) is 9.15. The van der Waals surface area contributed by atoms with Gasteiger partial charge < -0.3 is 9.84 Å². The number of carbonyl (C=O) groups is 2. The highest BCUT2D eigenvalue weighted by atomic mass is 32.1.